The molecule has 1 nitrogen and oxygen atoms in total. The highest BCUT2D eigenvalue weighted by atomic mass is 29.3. The van der Waals surface area contributed by atoms with E-state index in [1.165, 1.54) is 25.0 Å². The highest BCUT2D eigenvalue weighted by Gasteiger charge is 2.41. The zero-order chi connectivity index (χ0) is 11.7. The SMILES string of the molecule is CC1CCCC=C1O[Si](C)(C)[Si](C)(C)C. The van der Waals surface area contributed by atoms with Crippen molar-refractivity contribution in [3.05, 3.63) is 11.8 Å². The summed E-state index contributed by atoms with van der Waals surface area (Å²) in [5.41, 5.74) is 0. The van der Waals surface area contributed by atoms with Gasteiger partial charge in [-0.25, -0.2) is 0 Å². The predicted molar refractivity (Wildman–Crippen MR) is 73.0 cm³/mol. The zero-order valence-corrected chi connectivity index (χ0v) is 13.2. The Hall–Kier alpha value is -0.0262. The standard InChI is InChI=1S/C12H26OSi2/c1-11-9-7-8-10-12(11)13-15(5,6)14(2,3)4/h10-11H,7-9H2,1-6H3. The van der Waals surface area contributed by atoms with Gasteiger partial charge in [-0.1, -0.05) is 26.6 Å². The highest BCUT2D eigenvalue weighted by Crippen LogP contribution is 2.30. The fourth-order valence-electron chi connectivity index (χ4n) is 1.60. The van der Waals surface area contributed by atoms with Crippen LogP contribution < -0.4 is 0 Å². The Labute approximate surface area is 96.8 Å². The summed E-state index contributed by atoms with van der Waals surface area (Å²) in [5.74, 6) is 1.96. The van der Waals surface area contributed by atoms with Crippen molar-refractivity contribution in [1.29, 1.82) is 0 Å². The van der Waals surface area contributed by atoms with Gasteiger partial charge in [0, 0.05) is 5.92 Å². The second-order valence-electron chi connectivity index (χ2n) is 6.30. The normalized spacial score (nSPS) is 23.6. The summed E-state index contributed by atoms with van der Waals surface area (Å²) in [5, 5.41) is 0. The fourth-order valence-corrected chi connectivity index (χ4v) is 4.05. The third-order valence-electron chi connectivity index (χ3n) is 3.85. The molecule has 1 aliphatic rings. The molecule has 1 aliphatic carbocycles. The van der Waals surface area contributed by atoms with Crippen molar-refractivity contribution < 1.29 is 4.43 Å². The monoisotopic (exact) mass is 242 g/mol. The fraction of sp³-hybridized carbons (Fsp3) is 0.833. The molecule has 0 heterocycles. The minimum atomic E-state index is -1.46. The van der Waals surface area contributed by atoms with Crippen molar-refractivity contribution in [3.63, 3.8) is 0 Å². The number of rotatable bonds is 3. The van der Waals surface area contributed by atoms with Crippen LogP contribution in [0.15, 0.2) is 11.8 Å². The van der Waals surface area contributed by atoms with Gasteiger partial charge >= 0.3 is 0 Å². The van der Waals surface area contributed by atoms with Gasteiger partial charge in [-0.15, -0.1) is 0 Å². The first-order chi connectivity index (χ1) is 6.74. The molecule has 0 aromatic carbocycles. The van der Waals surface area contributed by atoms with Crippen LogP contribution in [0.4, 0.5) is 0 Å². The summed E-state index contributed by atoms with van der Waals surface area (Å²) in [6.07, 6.45) is 6.20. The Morgan fingerprint density at radius 2 is 1.80 bits per heavy atom. The first-order valence-corrected chi connectivity index (χ1v) is 13.5. The van der Waals surface area contributed by atoms with Gasteiger partial charge < -0.3 is 4.43 Å². The van der Waals surface area contributed by atoms with Crippen LogP contribution in [0, 0.1) is 5.92 Å². The van der Waals surface area contributed by atoms with E-state index in [4.69, 9.17) is 4.43 Å². The highest BCUT2D eigenvalue weighted by molar-refractivity contribution is 7.37. The Kier molecular flexibility index (Phi) is 3.87. The molecule has 0 spiro atoms. The second-order valence-corrected chi connectivity index (χ2v) is 22.1. The van der Waals surface area contributed by atoms with E-state index < -0.39 is 15.4 Å². The summed E-state index contributed by atoms with van der Waals surface area (Å²) >= 11 is 0. The van der Waals surface area contributed by atoms with Crippen molar-refractivity contribution in [2.45, 2.75) is 58.9 Å². The lowest BCUT2D eigenvalue weighted by molar-refractivity contribution is 0.329. The molecule has 0 bridgehead atoms. The van der Waals surface area contributed by atoms with Gasteiger partial charge in [-0.3, -0.25) is 0 Å². The number of hydrogen-bond donors (Lipinski definition) is 0. The van der Waals surface area contributed by atoms with E-state index in [1.807, 2.05) is 0 Å². The molecule has 1 unspecified atom stereocenters. The average Bonchev–Trinajstić information content (AvgIpc) is 2.06. The van der Waals surface area contributed by atoms with Crippen LogP contribution in [-0.4, -0.2) is 15.4 Å². The van der Waals surface area contributed by atoms with Crippen LogP contribution in [-0.2, 0) is 4.43 Å². The van der Waals surface area contributed by atoms with Crippen molar-refractivity contribution in [3.8, 4) is 0 Å². The van der Waals surface area contributed by atoms with Crippen LogP contribution in [0.2, 0.25) is 32.7 Å². The van der Waals surface area contributed by atoms with Crippen LogP contribution in [0.5, 0.6) is 0 Å². The molecule has 3 heteroatoms. The maximum Gasteiger partial charge on any atom is 0.228 e. The summed E-state index contributed by atoms with van der Waals surface area (Å²) in [6.45, 7) is 14.4. The van der Waals surface area contributed by atoms with Crippen LogP contribution in [0.25, 0.3) is 0 Å². The molecule has 1 atom stereocenters. The molecule has 0 saturated carbocycles. The molecular weight excluding hydrogens is 216 g/mol. The molecule has 0 radical (unpaired) electrons. The van der Waals surface area contributed by atoms with E-state index in [0.29, 0.717) is 5.92 Å². The van der Waals surface area contributed by atoms with E-state index >= 15 is 0 Å². The predicted octanol–water partition coefficient (Wildman–Crippen LogP) is 4.33. The Morgan fingerprint density at radius 1 is 1.20 bits per heavy atom. The lowest BCUT2D eigenvalue weighted by Gasteiger charge is -2.38. The maximum absolute atomic E-state index is 6.42. The lowest BCUT2D eigenvalue weighted by atomic mass is 9.96. The van der Waals surface area contributed by atoms with E-state index in [9.17, 15) is 0 Å². The van der Waals surface area contributed by atoms with E-state index in [1.54, 1.807) is 0 Å². The topological polar surface area (TPSA) is 9.23 Å². The molecular formula is C12H26OSi2. The summed E-state index contributed by atoms with van der Waals surface area (Å²) in [6, 6.07) is 0. The van der Waals surface area contributed by atoms with Gasteiger partial charge in [0.2, 0.25) is 7.83 Å². The third-order valence-corrected chi connectivity index (χ3v) is 19.4. The van der Waals surface area contributed by atoms with Crippen molar-refractivity contribution in [2.24, 2.45) is 5.92 Å². The molecule has 0 aromatic rings. The molecule has 15 heavy (non-hydrogen) atoms. The zero-order valence-electron chi connectivity index (χ0n) is 11.2. The number of hydrogen-bond acceptors (Lipinski definition) is 1. The summed E-state index contributed by atoms with van der Waals surface area (Å²) in [4.78, 5) is 0. The van der Waals surface area contributed by atoms with Crippen LogP contribution in [0.3, 0.4) is 0 Å². The van der Waals surface area contributed by atoms with Gasteiger partial charge in [0.25, 0.3) is 0 Å². The van der Waals surface area contributed by atoms with Crippen molar-refractivity contribution in [2.75, 3.05) is 0 Å². The second kappa shape index (κ2) is 4.46. The Balaban J connectivity index is 2.72. The largest absolute Gasteiger partial charge is 0.550 e. The van der Waals surface area contributed by atoms with Gasteiger partial charge in [0.15, 0.2) is 0 Å². The van der Waals surface area contributed by atoms with E-state index in [-0.39, 0.29) is 0 Å². The lowest BCUT2D eigenvalue weighted by Crippen LogP contribution is -2.54. The summed E-state index contributed by atoms with van der Waals surface area (Å²) in [7, 11) is -2.59. The Morgan fingerprint density at radius 3 is 2.27 bits per heavy atom. The molecule has 0 aromatic heterocycles. The first kappa shape index (κ1) is 13.0. The molecule has 0 aliphatic heterocycles. The molecule has 0 N–H and O–H groups in total. The van der Waals surface area contributed by atoms with Crippen molar-refractivity contribution in [1.82, 2.24) is 0 Å². The van der Waals surface area contributed by atoms with Crippen LogP contribution >= 0.6 is 0 Å². The first-order valence-electron chi connectivity index (χ1n) is 6.13. The quantitative estimate of drug-likeness (QED) is 0.669. The van der Waals surface area contributed by atoms with E-state index in [0.717, 1.165) is 0 Å². The molecule has 0 amide bonds. The van der Waals surface area contributed by atoms with Gasteiger partial charge in [0.1, 0.15) is 0 Å². The van der Waals surface area contributed by atoms with Gasteiger partial charge in [-0.2, -0.15) is 0 Å². The molecule has 0 fully saturated rings. The average molecular weight is 243 g/mol. The molecule has 88 valence electrons. The third kappa shape index (κ3) is 3.21. The molecule has 0 saturated heterocycles. The number of allylic oxidation sites excluding steroid dienone is 2. The smallest absolute Gasteiger partial charge is 0.228 e. The van der Waals surface area contributed by atoms with Gasteiger partial charge in [-0.05, 0) is 38.4 Å². The van der Waals surface area contributed by atoms with E-state index in [2.05, 4.69) is 45.7 Å². The van der Waals surface area contributed by atoms with Gasteiger partial charge in [0.05, 0.1) is 13.4 Å². The van der Waals surface area contributed by atoms with Crippen LogP contribution in [0.1, 0.15) is 26.2 Å². The maximum atomic E-state index is 6.42. The minimum absolute atomic E-state index is 0.655. The summed E-state index contributed by atoms with van der Waals surface area (Å²) < 4.78 is 6.42. The Bertz CT molecular complexity index is 251. The van der Waals surface area contributed by atoms with Crippen molar-refractivity contribution >= 4 is 15.4 Å². The minimum Gasteiger partial charge on any atom is -0.550 e. The molecule has 1 rings (SSSR count).